The molecule has 3 rings (SSSR count). The van der Waals surface area contributed by atoms with Crippen molar-refractivity contribution in [1.82, 2.24) is 4.57 Å². The van der Waals surface area contributed by atoms with Gasteiger partial charge in [-0.3, -0.25) is 4.99 Å². The van der Waals surface area contributed by atoms with Gasteiger partial charge in [-0.25, -0.2) is 0 Å². The van der Waals surface area contributed by atoms with Crippen LogP contribution in [0, 0.1) is 6.92 Å². The molecule has 4 heteroatoms. The maximum absolute atomic E-state index is 5.94. The minimum absolute atomic E-state index is 0.466. The monoisotopic (exact) mass is 306 g/mol. The molecular formula is C19H22N4. The van der Waals surface area contributed by atoms with Gasteiger partial charge >= 0.3 is 0 Å². The highest BCUT2D eigenvalue weighted by Gasteiger charge is 1.99. The van der Waals surface area contributed by atoms with Gasteiger partial charge in [0, 0.05) is 30.5 Å². The summed E-state index contributed by atoms with van der Waals surface area (Å²) < 4.78 is 2.26. The Kier molecular flexibility index (Phi) is 4.62. The fourth-order valence-electron chi connectivity index (χ4n) is 2.69. The van der Waals surface area contributed by atoms with Gasteiger partial charge in [-0.05, 0) is 48.6 Å². The topological polar surface area (TPSA) is 55.3 Å². The van der Waals surface area contributed by atoms with Gasteiger partial charge in [-0.1, -0.05) is 30.3 Å². The summed E-state index contributed by atoms with van der Waals surface area (Å²) in [5.74, 6) is 0.466. The van der Waals surface area contributed by atoms with Crippen LogP contribution in [0.1, 0.15) is 12.0 Å². The van der Waals surface area contributed by atoms with Crippen molar-refractivity contribution in [2.75, 3.05) is 11.9 Å². The lowest BCUT2D eigenvalue weighted by Gasteiger charge is -2.07. The van der Waals surface area contributed by atoms with E-state index in [1.54, 1.807) is 0 Å². The third-order valence-corrected chi connectivity index (χ3v) is 3.81. The van der Waals surface area contributed by atoms with Gasteiger partial charge < -0.3 is 15.6 Å². The second-order valence-corrected chi connectivity index (χ2v) is 5.68. The van der Waals surface area contributed by atoms with E-state index in [2.05, 4.69) is 64.4 Å². The zero-order valence-electron chi connectivity index (χ0n) is 13.4. The number of hydrogen-bond donors (Lipinski definition) is 2. The first-order valence-electron chi connectivity index (χ1n) is 7.90. The van der Waals surface area contributed by atoms with Gasteiger partial charge in [0.15, 0.2) is 5.96 Å². The number of anilines is 1. The molecule has 0 bridgehead atoms. The summed E-state index contributed by atoms with van der Waals surface area (Å²) >= 11 is 0. The van der Waals surface area contributed by atoms with E-state index < -0.39 is 0 Å². The van der Waals surface area contributed by atoms with Crippen LogP contribution in [0.3, 0.4) is 0 Å². The first kappa shape index (κ1) is 15.2. The Labute approximate surface area is 136 Å². The third-order valence-electron chi connectivity index (χ3n) is 3.81. The lowest BCUT2D eigenvalue weighted by Crippen LogP contribution is -2.23. The molecule has 0 aliphatic carbocycles. The van der Waals surface area contributed by atoms with Crippen LogP contribution in [0.25, 0.3) is 10.9 Å². The van der Waals surface area contributed by atoms with Crippen LogP contribution in [0.2, 0.25) is 0 Å². The van der Waals surface area contributed by atoms with Crippen LogP contribution in [0.15, 0.2) is 65.8 Å². The number of nitrogens with one attached hydrogen (secondary N) is 1. The Morgan fingerprint density at radius 3 is 2.87 bits per heavy atom. The van der Waals surface area contributed by atoms with E-state index >= 15 is 0 Å². The highest BCUT2D eigenvalue weighted by Crippen LogP contribution is 2.15. The van der Waals surface area contributed by atoms with Crippen molar-refractivity contribution in [3.8, 4) is 0 Å². The van der Waals surface area contributed by atoms with E-state index in [0.29, 0.717) is 12.5 Å². The first-order valence-corrected chi connectivity index (χ1v) is 7.90. The molecule has 0 spiro atoms. The summed E-state index contributed by atoms with van der Waals surface area (Å²) in [6.45, 7) is 3.70. The molecule has 0 saturated heterocycles. The number of aliphatic imine (C=N–C) groups is 1. The van der Waals surface area contributed by atoms with E-state index in [-0.39, 0.29) is 0 Å². The Balaban J connectivity index is 1.52. The molecule has 0 saturated carbocycles. The molecule has 0 radical (unpaired) electrons. The number of aromatic nitrogens is 1. The van der Waals surface area contributed by atoms with Crippen LogP contribution in [-0.2, 0) is 6.54 Å². The fraction of sp³-hybridized carbons (Fsp3) is 0.211. The Morgan fingerprint density at radius 1 is 1.13 bits per heavy atom. The lowest BCUT2D eigenvalue weighted by molar-refractivity contribution is 0.671. The Morgan fingerprint density at radius 2 is 2.00 bits per heavy atom. The number of fused-ring (bicyclic) bond motifs is 1. The maximum Gasteiger partial charge on any atom is 0.193 e. The van der Waals surface area contributed by atoms with E-state index in [1.807, 2.05) is 18.2 Å². The Bertz CT molecular complexity index is 817. The number of guanidine groups is 1. The van der Waals surface area contributed by atoms with E-state index in [1.165, 1.54) is 16.5 Å². The highest BCUT2D eigenvalue weighted by atomic mass is 15.1. The van der Waals surface area contributed by atoms with Gasteiger partial charge in [0.1, 0.15) is 0 Å². The lowest BCUT2D eigenvalue weighted by atomic mass is 10.2. The van der Waals surface area contributed by atoms with Crippen LogP contribution in [0.4, 0.5) is 5.69 Å². The van der Waals surface area contributed by atoms with Gasteiger partial charge in [-0.15, -0.1) is 0 Å². The standard InChI is InChI=1S/C19H22N4/c1-15-6-4-8-17(14-15)22-19(20)21-11-5-12-23-13-10-16-7-2-3-9-18(16)23/h2-4,6-10,13-14H,5,11-12H2,1H3,(H3,20,21,22). The predicted octanol–water partition coefficient (Wildman–Crippen LogP) is 3.77. The molecule has 0 amide bonds. The molecule has 4 nitrogen and oxygen atoms in total. The normalized spacial score (nSPS) is 11.8. The number of aryl methyl sites for hydroxylation is 2. The van der Waals surface area contributed by atoms with Gasteiger partial charge in [0.25, 0.3) is 0 Å². The van der Waals surface area contributed by atoms with Crippen molar-refractivity contribution in [1.29, 1.82) is 0 Å². The summed E-state index contributed by atoms with van der Waals surface area (Å²) in [7, 11) is 0. The highest BCUT2D eigenvalue weighted by molar-refractivity contribution is 5.92. The summed E-state index contributed by atoms with van der Waals surface area (Å²) in [4.78, 5) is 4.40. The molecule has 0 unspecified atom stereocenters. The summed E-state index contributed by atoms with van der Waals surface area (Å²) in [6.07, 6.45) is 3.08. The second-order valence-electron chi connectivity index (χ2n) is 5.68. The molecule has 0 aliphatic heterocycles. The van der Waals surface area contributed by atoms with Crippen LogP contribution >= 0.6 is 0 Å². The average molecular weight is 306 g/mol. The van der Waals surface area contributed by atoms with Crippen molar-refractivity contribution >= 4 is 22.5 Å². The molecule has 0 aliphatic rings. The largest absolute Gasteiger partial charge is 0.370 e. The van der Waals surface area contributed by atoms with E-state index in [9.17, 15) is 0 Å². The van der Waals surface area contributed by atoms with Gasteiger partial charge in [0.2, 0.25) is 0 Å². The molecule has 0 atom stereocenters. The van der Waals surface area contributed by atoms with Gasteiger partial charge in [0.05, 0.1) is 0 Å². The molecule has 0 fully saturated rings. The number of para-hydroxylation sites is 1. The number of nitrogens with zero attached hydrogens (tertiary/aromatic N) is 2. The second kappa shape index (κ2) is 7.01. The zero-order valence-corrected chi connectivity index (χ0v) is 13.4. The molecular weight excluding hydrogens is 284 g/mol. The van der Waals surface area contributed by atoms with E-state index in [0.717, 1.165) is 18.7 Å². The van der Waals surface area contributed by atoms with Crippen LogP contribution < -0.4 is 11.1 Å². The fourth-order valence-corrected chi connectivity index (χ4v) is 2.69. The molecule has 1 aromatic heterocycles. The van der Waals surface area contributed by atoms with Crippen molar-refractivity contribution in [3.05, 3.63) is 66.4 Å². The molecule has 3 aromatic rings. The minimum Gasteiger partial charge on any atom is -0.370 e. The third kappa shape index (κ3) is 3.92. The van der Waals surface area contributed by atoms with Gasteiger partial charge in [-0.2, -0.15) is 0 Å². The smallest absolute Gasteiger partial charge is 0.193 e. The SMILES string of the molecule is Cc1cccc(NC(N)=NCCCn2ccc3ccccc32)c1. The van der Waals surface area contributed by atoms with Crippen molar-refractivity contribution in [3.63, 3.8) is 0 Å². The van der Waals surface area contributed by atoms with E-state index in [4.69, 9.17) is 5.73 Å². The number of benzene rings is 2. The summed E-state index contributed by atoms with van der Waals surface area (Å²) in [5, 5.41) is 4.40. The molecule has 3 N–H and O–H groups in total. The zero-order chi connectivity index (χ0) is 16.1. The number of rotatable bonds is 5. The van der Waals surface area contributed by atoms with Crippen LogP contribution in [-0.4, -0.2) is 17.1 Å². The molecule has 2 aromatic carbocycles. The predicted molar refractivity (Wildman–Crippen MR) is 97.8 cm³/mol. The summed E-state index contributed by atoms with van der Waals surface area (Å²) in [5.41, 5.74) is 9.38. The molecule has 1 heterocycles. The van der Waals surface area contributed by atoms with Crippen molar-refractivity contribution < 1.29 is 0 Å². The molecule has 118 valence electrons. The maximum atomic E-state index is 5.94. The quantitative estimate of drug-likeness (QED) is 0.428. The van der Waals surface area contributed by atoms with Crippen molar-refractivity contribution in [2.24, 2.45) is 10.7 Å². The van der Waals surface area contributed by atoms with Crippen LogP contribution in [0.5, 0.6) is 0 Å². The average Bonchev–Trinajstić information content (AvgIpc) is 2.95. The number of hydrogen-bond acceptors (Lipinski definition) is 1. The minimum atomic E-state index is 0.466. The molecule has 23 heavy (non-hydrogen) atoms. The Hall–Kier alpha value is -2.75. The van der Waals surface area contributed by atoms with Crippen molar-refractivity contribution in [2.45, 2.75) is 19.9 Å². The number of nitrogens with two attached hydrogens (primary N) is 1. The summed E-state index contributed by atoms with van der Waals surface area (Å²) in [6, 6.07) is 18.7. The first-order chi connectivity index (χ1) is 11.2.